The number of fused-ring (bicyclic) bond motifs is 1. The lowest BCUT2D eigenvalue weighted by molar-refractivity contribution is -0.120. The average Bonchev–Trinajstić information content (AvgIpc) is 3.10. The van der Waals surface area contributed by atoms with Gasteiger partial charge in [-0.15, -0.1) is 0 Å². The Hall–Kier alpha value is -1.85. The Labute approximate surface area is 175 Å². The van der Waals surface area contributed by atoms with E-state index < -0.39 is 0 Å². The van der Waals surface area contributed by atoms with Gasteiger partial charge >= 0.3 is 0 Å². The van der Waals surface area contributed by atoms with Crippen molar-refractivity contribution in [2.24, 2.45) is 0 Å². The van der Waals surface area contributed by atoms with Gasteiger partial charge in [0, 0.05) is 25.1 Å². The van der Waals surface area contributed by atoms with Crippen LogP contribution in [-0.4, -0.2) is 24.2 Å². The molecule has 1 aliphatic rings. The monoisotopic (exact) mass is 445 g/mol. The molecule has 0 heterocycles. The van der Waals surface area contributed by atoms with Crippen LogP contribution in [0.3, 0.4) is 0 Å². The van der Waals surface area contributed by atoms with E-state index in [0.717, 1.165) is 40.6 Å². The number of halogens is 1. The van der Waals surface area contributed by atoms with E-state index in [9.17, 15) is 9.90 Å². The molecule has 1 atom stereocenters. The number of amides is 1. The summed E-state index contributed by atoms with van der Waals surface area (Å²) >= 11 is 3.68. The highest BCUT2D eigenvalue weighted by molar-refractivity contribution is 9.10. The Bertz CT molecular complexity index is 807. The summed E-state index contributed by atoms with van der Waals surface area (Å²) in [5.41, 5.74) is 4.86. The first-order valence-electron chi connectivity index (χ1n) is 10.0. The summed E-state index contributed by atoms with van der Waals surface area (Å²) in [5.74, 6) is 1.32. The molecule has 0 aliphatic heterocycles. The lowest BCUT2D eigenvalue weighted by atomic mass is 9.91. The van der Waals surface area contributed by atoms with Crippen molar-refractivity contribution >= 4 is 21.8 Å². The van der Waals surface area contributed by atoms with E-state index in [0.29, 0.717) is 31.9 Å². The second-order valence-corrected chi connectivity index (χ2v) is 8.07. The minimum atomic E-state index is 0.0872. The smallest absolute Gasteiger partial charge is 0.219 e. The summed E-state index contributed by atoms with van der Waals surface area (Å²) < 4.78 is 7.16. The summed E-state index contributed by atoms with van der Waals surface area (Å²) in [6, 6.07) is 12.3. The fourth-order valence-electron chi connectivity index (χ4n) is 3.99. The third-order valence-corrected chi connectivity index (χ3v) is 5.95. The number of aliphatic hydroxyl groups is 1. The molecule has 5 heteroatoms. The molecule has 0 aromatic heterocycles. The van der Waals surface area contributed by atoms with Crippen LogP contribution < -0.4 is 10.1 Å². The maximum atomic E-state index is 11.5. The number of hydrogen-bond donors (Lipinski definition) is 2. The lowest BCUT2D eigenvalue weighted by Crippen LogP contribution is -2.24. The Kier molecular flexibility index (Phi) is 7.51. The summed E-state index contributed by atoms with van der Waals surface area (Å²) in [6.07, 6.45) is 4.10. The molecule has 1 aliphatic carbocycles. The Morgan fingerprint density at radius 3 is 2.82 bits per heavy atom. The van der Waals surface area contributed by atoms with Crippen molar-refractivity contribution in [3.63, 3.8) is 0 Å². The van der Waals surface area contributed by atoms with Crippen molar-refractivity contribution in [3.8, 4) is 5.75 Å². The third-order valence-electron chi connectivity index (χ3n) is 5.36. The van der Waals surface area contributed by atoms with Gasteiger partial charge in [-0.3, -0.25) is 4.79 Å². The quantitative estimate of drug-likeness (QED) is 0.596. The number of benzene rings is 2. The molecule has 2 N–H and O–H groups in total. The number of carbonyl (C=O) groups excluding carboxylic acids is 1. The van der Waals surface area contributed by atoms with E-state index >= 15 is 0 Å². The molecule has 0 spiro atoms. The van der Waals surface area contributed by atoms with Gasteiger partial charge in [0.15, 0.2) is 0 Å². The van der Waals surface area contributed by atoms with Crippen LogP contribution in [0.15, 0.2) is 40.9 Å². The van der Waals surface area contributed by atoms with Crippen LogP contribution in [0.5, 0.6) is 5.75 Å². The van der Waals surface area contributed by atoms with E-state index in [1.165, 1.54) is 11.1 Å². The highest BCUT2D eigenvalue weighted by atomic mass is 79.9. The van der Waals surface area contributed by atoms with Gasteiger partial charge in [-0.1, -0.05) is 37.3 Å². The number of aliphatic hydroxyl groups excluding tert-OH is 1. The molecule has 3 rings (SSSR count). The van der Waals surface area contributed by atoms with Gasteiger partial charge in [0.1, 0.15) is 12.4 Å². The second-order valence-electron chi connectivity index (χ2n) is 7.21. The van der Waals surface area contributed by atoms with Gasteiger partial charge in [0.25, 0.3) is 0 Å². The van der Waals surface area contributed by atoms with Crippen LogP contribution in [0.2, 0.25) is 0 Å². The molecule has 4 nitrogen and oxygen atoms in total. The van der Waals surface area contributed by atoms with E-state index in [4.69, 9.17) is 4.74 Å². The molecule has 0 saturated heterocycles. The van der Waals surface area contributed by atoms with Crippen molar-refractivity contribution in [2.75, 3.05) is 13.2 Å². The molecule has 0 bridgehead atoms. The molecule has 150 valence electrons. The number of aryl methyl sites for hydroxylation is 1. The van der Waals surface area contributed by atoms with Gasteiger partial charge in [-0.05, 0) is 70.3 Å². The van der Waals surface area contributed by atoms with Gasteiger partial charge < -0.3 is 15.2 Å². The maximum Gasteiger partial charge on any atom is 0.219 e. The predicted molar refractivity (Wildman–Crippen MR) is 115 cm³/mol. The highest BCUT2D eigenvalue weighted by Crippen LogP contribution is 2.45. The predicted octanol–water partition coefficient (Wildman–Crippen LogP) is 4.51. The number of nitrogens with one attached hydrogen (secondary N) is 1. The highest BCUT2D eigenvalue weighted by Gasteiger charge is 2.29. The average molecular weight is 446 g/mol. The molecule has 0 fully saturated rings. The fourth-order valence-corrected chi connectivity index (χ4v) is 4.62. The summed E-state index contributed by atoms with van der Waals surface area (Å²) in [5, 5.41) is 12.7. The first kappa shape index (κ1) is 20.9. The van der Waals surface area contributed by atoms with Crippen LogP contribution in [0, 0.1) is 0 Å². The molecule has 0 unspecified atom stereocenters. The molecule has 0 radical (unpaired) electrons. The Morgan fingerprint density at radius 2 is 2.11 bits per heavy atom. The maximum absolute atomic E-state index is 11.5. The van der Waals surface area contributed by atoms with Crippen LogP contribution in [0.4, 0.5) is 0 Å². The molecule has 1 amide bonds. The Morgan fingerprint density at radius 1 is 1.32 bits per heavy atom. The van der Waals surface area contributed by atoms with Crippen molar-refractivity contribution in [3.05, 3.63) is 63.1 Å². The van der Waals surface area contributed by atoms with Gasteiger partial charge in [-0.25, -0.2) is 0 Å². The lowest BCUT2D eigenvalue weighted by Gasteiger charge is -2.21. The van der Waals surface area contributed by atoms with Gasteiger partial charge in [0.05, 0.1) is 4.47 Å². The van der Waals surface area contributed by atoms with Crippen molar-refractivity contribution in [2.45, 2.75) is 51.6 Å². The topological polar surface area (TPSA) is 58.6 Å². The molecular formula is C23H28BrNO3. The SMILES string of the molecule is CCC(=O)NCC[C@@H]1CCc2cc(Br)c(OCc3ccccc3)c(CCO)c21. The van der Waals surface area contributed by atoms with Gasteiger partial charge in [-0.2, -0.15) is 0 Å². The zero-order valence-corrected chi connectivity index (χ0v) is 17.9. The van der Waals surface area contributed by atoms with E-state index in [2.05, 4.69) is 27.3 Å². The number of rotatable bonds is 9. The largest absolute Gasteiger partial charge is 0.487 e. The van der Waals surface area contributed by atoms with Crippen LogP contribution in [-0.2, 0) is 24.2 Å². The summed E-state index contributed by atoms with van der Waals surface area (Å²) in [4.78, 5) is 11.5. The zero-order valence-electron chi connectivity index (χ0n) is 16.3. The Balaban J connectivity index is 1.83. The van der Waals surface area contributed by atoms with Crippen LogP contribution in [0.25, 0.3) is 0 Å². The normalized spacial score (nSPS) is 15.3. The van der Waals surface area contributed by atoms with Crippen molar-refractivity contribution in [1.29, 1.82) is 0 Å². The van der Waals surface area contributed by atoms with Crippen LogP contribution >= 0.6 is 15.9 Å². The summed E-state index contributed by atoms with van der Waals surface area (Å²) in [7, 11) is 0. The second kappa shape index (κ2) is 10.1. The van der Waals surface area contributed by atoms with Crippen LogP contribution in [0.1, 0.15) is 54.4 Å². The molecular weight excluding hydrogens is 418 g/mol. The number of hydrogen-bond acceptors (Lipinski definition) is 3. The molecule has 28 heavy (non-hydrogen) atoms. The third kappa shape index (κ3) is 4.95. The number of ether oxygens (including phenoxy) is 1. The molecule has 2 aromatic rings. The molecule has 2 aromatic carbocycles. The van der Waals surface area contributed by atoms with E-state index in [1.54, 1.807) is 0 Å². The fraction of sp³-hybridized carbons (Fsp3) is 0.435. The van der Waals surface area contributed by atoms with Crippen molar-refractivity contribution in [1.82, 2.24) is 5.32 Å². The van der Waals surface area contributed by atoms with Gasteiger partial charge in [0.2, 0.25) is 5.91 Å². The first-order valence-corrected chi connectivity index (χ1v) is 10.8. The van der Waals surface area contributed by atoms with E-state index in [-0.39, 0.29) is 12.5 Å². The molecule has 0 saturated carbocycles. The van der Waals surface area contributed by atoms with E-state index in [1.807, 2.05) is 37.3 Å². The minimum absolute atomic E-state index is 0.0872. The first-order chi connectivity index (χ1) is 13.6. The standard InChI is InChI=1S/C23H28BrNO3/c1-2-21(27)25-12-10-17-8-9-18-14-20(24)23(19(11-13-26)22(17)18)28-15-16-6-4-3-5-7-16/h3-7,14,17,26H,2,8-13,15H2,1H3,(H,25,27)/t17-/m0/s1. The minimum Gasteiger partial charge on any atom is -0.487 e. The summed E-state index contributed by atoms with van der Waals surface area (Å²) in [6.45, 7) is 3.14. The zero-order chi connectivity index (χ0) is 19.9. The van der Waals surface area contributed by atoms with Crippen molar-refractivity contribution < 1.29 is 14.6 Å². The number of carbonyl (C=O) groups is 1.